The molecule has 7 nitrogen and oxygen atoms in total. The smallest absolute Gasteiger partial charge is 0.277 e. The number of aryl methyl sites for hydroxylation is 1. The van der Waals surface area contributed by atoms with Crippen LogP contribution in [-0.4, -0.2) is 33.0 Å². The molecule has 3 rings (SSSR count). The van der Waals surface area contributed by atoms with E-state index in [1.54, 1.807) is 23.0 Å². The summed E-state index contributed by atoms with van der Waals surface area (Å²) < 4.78 is 7.05. The van der Waals surface area contributed by atoms with E-state index in [2.05, 4.69) is 36.5 Å². The zero-order valence-corrected chi connectivity index (χ0v) is 14.6. The highest BCUT2D eigenvalue weighted by molar-refractivity contribution is 9.10. The normalized spacial score (nSPS) is 10.5. The Morgan fingerprint density at radius 2 is 2.12 bits per heavy atom. The third-order valence-corrected chi connectivity index (χ3v) is 3.88. The Morgan fingerprint density at radius 3 is 2.83 bits per heavy atom. The lowest BCUT2D eigenvalue weighted by Gasteiger charge is -2.06. The van der Waals surface area contributed by atoms with Gasteiger partial charge in [0.1, 0.15) is 4.60 Å². The Labute approximate surface area is 146 Å². The number of ether oxygens (including phenoxy) is 1. The minimum Gasteiger partial charge on any atom is -0.481 e. The molecule has 0 atom stereocenters. The van der Waals surface area contributed by atoms with Crippen molar-refractivity contribution >= 4 is 27.5 Å². The second-order valence-corrected chi connectivity index (χ2v) is 5.78. The highest BCUT2D eigenvalue weighted by Crippen LogP contribution is 2.23. The van der Waals surface area contributed by atoms with Gasteiger partial charge in [-0.3, -0.25) is 4.79 Å². The summed E-state index contributed by atoms with van der Waals surface area (Å²) in [5, 5.41) is 10.7. The van der Waals surface area contributed by atoms with Crippen LogP contribution < -0.4 is 10.1 Å². The molecular weight excluding hydrogens is 374 g/mol. The number of nitrogens with zero attached hydrogens (tertiary/aromatic N) is 4. The van der Waals surface area contributed by atoms with Crippen LogP contribution in [0.25, 0.3) is 5.69 Å². The van der Waals surface area contributed by atoms with Gasteiger partial charge in [0.25, 0.3) is 5.91 Å². The predicted molar refractivity (Wildman–Crippen MR) is 92.5 cm³/mol. The summed E-state index contributed by atoms with van der Waals surface area (Å²) in [6.07, 6.45) is 1.58. The summed E-state index contributed by atoms with van der Waals surface area (Å²) in [5.74, 6) is 0.0758. The van der Waals surface area contributed by atoms with Crippen LogP contribution in [0.15, 0.2) is 47.2 Å². The standard InChI is InChI=1S/C16H14BrN5O2/c1-10-4-3-5-11(8-10)22-9-13(20-21-22)16(23)18-12-6-7-14(24-2)19-15(12)17/h3-9H,1-2H3,(H,18,23). The third kappa shape index (κ3) is 3.43. The molecule has 0 saturated heterocycles. The number of amides is 1. The number of aromatic nitrogens is 4. The number of benzene rings is 1. The molecule has 0 fully saturated rings. The lowest BCUT2D eigenvalue weighted by Crippen LogP contribution is -2.13. The van der Waals surface area contributed by atoms with Crippen LogP contribution in [0, 0.1) is 6.92 Å². The van der Waals surface area contributed by atoms with Crippen molar-refractivity contribution in [1.82, 2.24) is 20.0 Å². The van der Waals surface area contributed by atoms with E-state index in [0.29, 0.717) is 16.2 Å². The number of anilines is 1. The number of pyridine rings is 1. The summed E-state index contributed by atoms with van der Waals surface area (Å²) in [6, 6.07) is 11.1. The first kappa shape index (κ1) is 16.1. The summed E-state index contributed by atoms with van der Waals surface area (Å²) in [6.45, 7) is 1.99. The summed E-state index contributed by atoms with van der Waals surface area (Å²) >= 11 is 3.29. The first-order valence-corrected chi connectivity index (χ1v) is 7.87. The lowest BCUT2D eigenvalue weighted by atomic mass is 10.2. The maximum atomic E-state index is 12.3. The molecule has 1 amide bonds. The number of nitrogens with one attached hydrogen (secondary N) is 1. The molecular formula is C16H14BrN5O2. The van der Waals surface area contributed by atoms with E-state index in [-0.39, 0.29) is 11.6 Å². The fourth-order valence-corrected chi connectivity index (χ4v) is 2.48. The van der Waals surface area contributed by atoms with Crippen LogP contribution in [0.5, 0.6) is 5.88 Å². The van der Waals surface area contributed by atoms with Crippen molar-refractivity contribution in [1.29, 1.82) is 0 Å². The average molecular weight is 388 g/mol. The van der Waals surface area contributed by atoms with E-state index in [4.69, 9.17) is 4.74 Å². The summed E-state index contributed by atoms with van der Waals surface area (Å²) in [4.78, 5) is 16.5. The zero-order chi connectivity index (χ0) is 17.1. The van der Waals surface area contributed by atoms with Gasteiger partial charge >= 0.3 is 0 Å². The highest BCUT2D eigenvalue weighted by atomic mass is 79.9. The first-order valence-electron chi connectivity index (χ1n) is 7.08. The summed E-state index contributed by atoms with van der Waals surface area (Å²) in [5.41, 5.74) is 2.67. The maximum absolute atomic E-state index is 12.3. The van der Waals surface area contributed by atoms with Gasteiger partial charge in [0, 0.05) is 6.07 Å². The Kier molecular flexibility index (Phi) is 4.57. The maximum Gasteiger partial charge on any atom is 0.277 e. The largest absolute Gasteiger partial charge is 0.481 e. The fraction of sp³-hybridized carbons (Fsp3) is 0.125. The van der Waals surface area contributed by atoms with Crippen LogP contribution in [0.1, 0.15) is 16.1 Å². The Balaban J connectivity index is 1.79. The van der Waals surface area contributed by atoms with Gasteiger partial charge in [0.05, 0.1) is 24.7 Å². The fourth-order valence-electron chi connectivity index (χ4n) is 2.08. The molecule has 24 heavy (non-hydrogen) atoms. The van der Waals surface area contributed by atoms with Crippen molar-refractivity contribution in [3.63, 3.8) is 0 Å². The quantitative estimate of drug-likeness (QED) is 0.695. The molecule has 1 N–H and O–H groups in total. The van der Waals surface area contributed by atoms with Crippen molar-refractivity contribution in [2.45, 2.75) is 6.92 Å². The zero-order valence-electron chi connectivity index (χ0n) is 13.0. The minimum absolute atomic E-state index is 0.208. The van der Waals surface area contributed by atoms with Crippen molar-refractivity contribution in [2.75, 3.05) is 12.4 Å². The second-order valence-electron chi connectivity index (χ2n) is 5.03. The van der Waals surface area contributed by atoms with Gasteiger partial charge in [-0.25, -0.2) is 9.67 Å². The molecule has 0 unspecified atom stereocenters. The molecule has 1 aromatic carbocycles. The van der Waals surface area contributed by atoms with Crippen molar-refractivity contribution in [3.8, 4) is 11.6 Å². The van der Waals surface area contributed by atoms with Gasteiger partial charge in [-0.15, -0.1) is 5.10 Å². The topological polar surface area (TPSA) is 81.9 Å². The van der Waals surface area contributed by atoms with Crippen molar-refractivity contribution in [2.24, 2.45) is 0 Å². The van der Waals surface area contributed by atoms with Gasteiger partial charge < -0.3 is 10.1 Å². The molecule has 3 aromatic rings. The van der Waals surface area contributed by atoms with Crippen LogP contribution in [0.3, 0.4) is 0 Å². The molecule has 122 valence electrons. The molecule has 2 aromatic heterocycles. The number of carbonyl (C=O) groups is 1. The predicted octanol–water partition coefficient (Wildman–Crippen LogP) is 2.99. The van der Waals surface area contributed by atoms with E-state index < -0.39 is 0 Å². The Morgan fingerprint density at radius 1 is 1.29 bits per heavy atom. The number of halogens is 1. The molecule has 0 bridgehead atoms. The third-order valence-electron chi connectivity index (χ3n) is 3.27. The SMILES string of the molecule is COc1ccc(NC(=O)c2cn(-c3cccc(C)c3)nn2)c(Br)n1. The second kappa shape index (κ2) is 6.79. The number of methoxy groups -OCH3 is 1. The Hall–Kier alpha value is -2.74. The van der Waals surface area contributed by atoms with E-state index in [9.17, 15) is 4.79 Å². The van der Waals surface area contributed by atoms with Crippen LogP contribution in [-0.2, 0) is 0 Å². The monoisotopic (exact) mass is 387 g/mol. The van der Waals surface area contributed by atoms with E-state index in [0.717, 1.165) is 11.3 Å². The Bertz CT molecular complexity index is 894. The molecule has 0 radical (unpaired) electrons. The highest BCUT2D eigenvalue weighted by Gasteiger charge is 2.14. The van der Waals surface area contributed by atoms with Gasteiger partial charge in [-0.05, 0) is 46.6 Å². The number of hydrogen-bond donors (Lipinski definition) is 1. The number of hydrogen-bond acceptors (Lipinski definition) is 5. The van der Waals surface area contributed by atoms with Crippen LogP contribution in [0.2, 0.25) is 0 Å². The van der Waals surface area contributed by atoms with E-state index >= 15 is 0 Å². The first-order chi connectivity index (χ1) is 11.6. The van der Waals surface area contributed by atoms with Crippen molar-refractivity contribution < 1.29 is 9.53 Å². The number of carbonyl (C=O) groups excluding carboxylic acids is 1. The number of rotatable bonds is 4. The van der Waals surface area contributed by atoms with Gasteiger partial charge in [0.15, 0.2) is 5.69 Å². The molecule has 0 aliphatic heterocycles. The van der Waals surface area contributed by atoms with Crippen LogP contribution in [0.4, 0.5) is 5.69 Å². The van der Waals surface area contributed by atoms with Crippen LogP contribution >= 0.6 is 15.9 Å². The minimum atomic E-state index is -0.374. The average Bonchev–Trinajstić information content (AvgIpc) is 3.07. The summed E-state index contributed by atoms with van der Waals surface area (Å²) in [7, 11) is 1.52. The van der Waals surface area contributed by atoms with Gasteiger partial charge in [-0.2, -0.15) is 0 Å². The molecule has 0 aliphatic carbocycles. The molecule has 0 saturated carbocycles. The lowest BCUT2D eigenvalue weighted by molar-refractivity contribution is 0.102. The van der Waals surface area contributed by atoms with Crippen molar-refractivity contribution in [3.05, 3.63) is 58.5 Å². The van der Waals surface area contributed by atoms with E-state index in [1.165, 1.54) is 7.11 Å². The molecule has 0 aliphatic rings. The molecule has 8 heteroatoms. The molecule has 0 spiro atoms. The van der Waals surface area contributed by atoms with Gasteiger partial charge in [-0.1, -0.05) is 17.3 Å². The van der Waals surface area contributed by atoms with E-state index in [1.807, 2.05) is 31.2 Å². The molecule has 2 heterocycles. The van der Waals surface area contributed by atoms with Gasteiger partial charge in [0.2, 0.25) is 5.88 Å².